The largest absolute Gasteiger partial charge is 0.397 e. The number of rotatable bonds is 3. The fourth-order valence-corrected chi connectivity index (χ4v) is 1.94. The second-order valence-electron chi connectivity index (χ2n) is 4.30. The maximum Gasteiger partial charge on any atom is 0.248 e. The molecule has 6 nitrogen and oxygen atoms in total. The van der Waals surface area contributed by atoms with Crippen LogP contribution in [0.1, 0.15) is 23.2 Å². The third-order valence-electron chi connectivity index (χ3n) is 2.95. The Hall–Kier alpha value is -2.24. The average Bonchev–Trinajstić information content (AvgIpc) is 2.34. The van der Waals surface area contributed by atoms with Crippen LogP contribution in [-0.4, -0.2) is 24.4 Å². The van der Waals surface area contributed by atoms with Crippen LogP contribution in [0.25, 0.3) is 0 Å². The van der Waals surface area contributed by atoms with Crippen molar-refractivity contribution < 1.29 is 9.59 Å². The van der Waals surface area contributed by atoms with E-state index in [1.165, 1.54) is 6.07 Å². The highest BCUT2D eigenvalue weighted by molar-refractivity contribution is 5.95. The van der Waals surface area contributed by atoms with Gasteiger partial charge >= 0.3 is 0 Å². The van der Waals surface area contributed by atoms with Gasteiger partial charge in [0.15, 0.2) is 0 Å². The molecule has 6 heteroatoms. The standard InChI is InChI=1S/C12H16N4O2/c13-8-6-7(11(14)17)3-4-9(8)16-10-2-1-5-15-12(10)18/h3-4,6,10,16H,1-2,5,13H2,(H2,14,17)(H,15,18). The molecule has 1 fully saturated rings. The molecule has 1 heterocycles. The molecule has 0 aliphatic carbocycles. The van der Waals surface area contributed by atoms with Gasteiger partial charge in [-0.25, -0.2) is 0 Å². The molecule has 0 bridgehead atoms. The number of benzene rings is 1. The summed E-state index contributed by atoms with van der Waals surface area (Å²) in [4.78, 5) is 22.6. The molecular weight excluding hydrogens is 232 g/mol. The molecule has 1 saturated heterocycles. The molecule has 2 amide bonds. The molecule has 1 unspecified atom stereocenters. The summed E-state index contributed by atoms with van der Waals surface area (Å²) in [6, 6.07) is 4.48. The van der Waals surface area contributed by atoms with Crippen LogP contribution in [0.3, 0.4) is 0 Å². The number of carbonyl (C=O) groups excluding carboxylic acids is 2. The van der Waals surface area contributed by atoms with E-state index in [2.05, 4.69) is 10.6 Å². The second-order valence-corrected chi connectivity index (χ2v) is 4.30. The van der Waals surface area contributed by atoms with E-state index >= 15 is 0 Å². The summed E-state index contributed by atoms with van der Waals surface area (Å²) in [5.74, 6) is -0.553. The Morgan fingerprint density at radius 1 is 1.44 bits per heavy atom. The lowest BCUT2D eigenvalue weighted by molar-refractivity contribution is -0.123. The predicted octanol–water partition coefficient (Wildman–Crippen LogP) is 0.0582. The van der Waals surface area contributed by atoms with E-state index in [1.807, 2.05) is 0 Å². The number of nitrogens with one attached hydrogen (secondary N) is 2. The van der Waals surface area contributed by atoms with Crippen molar-refractivity contribution >= 4 is 23.2 Å². The Morgan fingerprint density at radius 3 is 2.83 bits per heavy atom. The molecule has 2 rings (SSSR count). The van der Waals surface area contributed by atoms with Gasteiger partial charge in [0.05, 0.1) is 11.4 Å². The average molecular weight is 248 g/mol. The van der Waals surface area contributed by atoms with Gasteiger partial charge in [0.1, 0.15) is 6.04 Å². The van der Waals surface area contributed by atoms with Crippen molar-refractivity contribution in [2.24, 2.45) is 5.73 Å². The molecule has 18 heavy (non-hydrogen) atoms. The number of amides is 2. The van der Waals surface area contributed by atoms with Crippen molar-refractivity contribution in [1.82, 2.24) is 5.32 Å². The molecule has 0 spiro atoms. The third kappa shape index (κ3) is 2.53. The first-order valence-corrected chi connectivity index (χ1v) is 5.81. The van der Waals surface area contributed by atoms with Gasteiger partial charge in [-0.05, 0) is 31.0 Å². The normalized spacial score (nSPS) is 19.1. The van der Waals surface area contributed by atoms with Crippen LogP contribution in [0.2, 0.25) is 0 Å². The highest BCUT2D eigenvalue weighted by Crippen LogP contribution is 2.22. The summed E-state index contributed by atoms with van der Waals surface area (Å²) in [6.07, 6.45) is 1.70. The molecular formula is C12H16N4O2. The number of hydrogen-bond acceptors (Lipinski definition) is 4. The summed E-state index contributed by atoms with van der Waals surface area (Å²) in [5.41, 5.74) is 12.4. The van der Waals surface area contributed by atoms with Crippen molar-refractivity contribution in [2.75, 3.05) is 17.6 Å². The van der Waals surface area contributed by atoms with Gasteiger partial charge in [-0.15, -0.1) is 0 Å². The number of anilines is 2. The first-order valence-electron chi connectivity index (χ1n) is 5.81. The quantitative estimate of drug-likeness (QED) is 0.567. The van der Waals surface area contributed by atoms with E-state index in [9.17, 15) is 9.59 Å². The van der Waals surface area contributed by atoms with Gasteiger partial charge in [-0.2, -0.15) is 0 Å². The lowest BCUT2D eigenvalue weighted by Crippen LogP contribution is -2.44. The van der Waals surface area contributed by atoms with Crippen LogP contribution in [0.15, 0.2) is 18.2 Å². The summed E-state index contributed by atoms with van der Waals surface area (Å²) >= 11 is 0. The SMILES string of the molecule is NC(=O)c1ccc(NC2CCCNC2=O)c(N)c1. The number of nitrogen functional groups attached to an aromatic ring is 1. The molecule has 0 saturated carbocycles. The maximum atomic E-state index is 11.6. The van der Waals surface area contributed by atoms with E-state index in [-0.39, 0.29) is 11.9 Å². The minimum Gasteiger partial charge on any atom is -0.397 e. The third-order valence-corrected chi connectivity index (χ3v) is 2.95. The van der Waals surface area contributed by atoms with Crippen LogP contribution in [0.5, 0.6) is 0 Å². The van der Waals surface area contributed by atoms with E-state index in [4.69, 9.17) is 11.5 Å². The first-order chi connectivity index (χ1) is 8.58. The number of nitrogens with two attached hydrogens (primary N) is 2. The Labute approximate surface area is 105 Å². The summed E-state index contributed by atoms with van der Waals surface area (Å²) in [6.45, 7) is 0.715. The van der Waals surface area contributed by atoms with E-state index in [0.29, 0.717) is 23.5 Å². The van der Waals surface area contributed by atoms with Gasteiger partial charge in [0, 0.05) is 12.1 Å². The lowest BCUT2D eigenvalue weighted by atomic mass is 10.1. The molecule has 1 aromatic rings. The molecule has 1 aliphatic heterocycles. The number of primary amides is 1. The Morgan fingerprint density at radius 2 is 2.22 bits per heavy atom. The van der Waals surface area contributed by atoms with Crippen molar-refractivity contribution in [3.8, 4) is 0 Å². The smallest absolute Gasteiger partial charge is 0.248 e. The zero-order valence-corrected chi connectivity index (χ0v) is 9.90. The molecule has 6 N–H and O–H groups in total. The van der Waals surface area contributed by atoms with Crippen LogP contribution >= 0.6 is 0 Å². The Bertz CT molecular complexity index is 487. The predicted molar refractivity (Wildman–Crippen MR) is 69.0 cm³/mol. The second kappa shape index (κ2) is 4.95. The van der Waals surface area contributed by atoms with Gasteiger partial charge in [-0.3, -0.25) is 9.59 Å². The van der Waals surface area contributed by atoms with Crippen molar-refractivity contribution in [3.05, 3.63) is 23.8 Å². The first kappa shape index (κ1) is 12.2. The van der Waals surface area contributed by atoms with Crippen molar-refractivity contribution in [3.63, 3.8) is 0 Å². The summed E-state index contributed by atoms with van der Waals surface area (Å²) < 4.78 is 0. The number of hydrogen-bond donors (Lipinski definition) is 4. The van der Waals surface area contributed by atoms with Gasteiger partial charge in [-0.1, -0.05) is 0 Å². The molecule has 1 atom stereocenters. The minimum absolute atomic E-state index is 0.0281. The van der Waals surface area contributed by atoms with Gasteiger partial charge < -0.3 is 22.1 Å². The van der Waals surface area contributed by atoms with Crippen molar-refractivity contribution in [1.29, 1.82) is 0 Å². The molecule has 0 aromatic heterocycles. The van der Waals surface area contributed by atoms with Crippen LogP contribution in [-0.2, 0) is 4.79 Å². The lowest BCUT2D eigenvalue weighted by Gasteiger charge is -2.24. The zero-order valence-electron chi connectivity index (χ0n) is 9.90. The van der Waals surface area contributed by atoms with Crippen molar-refractivity contribution in [2.45, 2.75) is 18.9 Å². The van der Waals surface area contributed by atoms with E-state index in [0.717, 1.165) is 12.8 Å². The maximum absolute atomic E-state index is 11.6. The number of carbonyl (C=O) groups is 2. The van der Waals surface area contributed by atoms with Gasteiger partial charge in [0.2, 0.25) is 11.8 Å². The fourth-order valence-electron chi connectivity index (χ4n) is 1.94. The van der Waals surface area contributed by atoms with E-state index < -0.39 is 5.91 Å². The van der Waals surface area contributed by atoms with Crippen LogP contribution < -0.4 is 22.1 Å². The molecule has 1 aromatic carbocycles. The number of piperidine rings is 1. The molecule has 0 radical (unpaired) electrons. The summed E-state index contributed by atoms with van der Waals surface area (Å²) in [5, 5.41) is 5.86. The Kier molecular flexibility index (Phi) is 3.36. The minimum atomic E-state index is -0.524. The topological polar surface area (TPSA) is 110 Å². The Balaban J connectivity index is 2.14. The summed E-state index contributed by atoms with van der Waals surface area (Å²) in [7, 11) is 0. The fraction of sp³-hybridized carbons (Fsp3) is 0.333. The highest BCUT2D eigenvalue weighted by atomic mass is 16.2. The van der Waals surface area contributed by atoms with Gasteiger partial charge in [0.25, 0.3) is 0 Å². The molecule has 96 valence electrons. The van der Waals surface area contributed by atoms with Crippen LogP contribution in [0, 0.1) is 0 Å². The zero-order chi connectivity index (χ0) is 13.1. The van der Waals surface area contributed by atoms with Crippen LogP contribution in [0.4, 0.5) is 11.4 Å². The monoisotopic (exact) mass is 248 g/mol. The highest BCUT2D eigenvalue weighted by Gasteiger charge is 2.22. The van der Waals surface area contributed by atoms with E-state index in [1.54, 1.807) is 12.1 Å². The molecule has 1 aliphatic rings.